The van der Waals surface area contributed by atoms with Crippen LogP contribution in [0.1, 0.15) is 0 Å². The molecule has 0 saturated heterocycles. The van der Waals surface area contributed by atoms with E-state index in [1.54, 1.807) is 36.4 Å². The van der Waals surface area contributed by atoms with Gasteiger partial charge in [-0.2, -0.15) is 4.57 Å². The lowest BCUT2D eigenvalue weighted by atomic mass is 10.3. The van der Waals surface area contributed by atoms with Crippen LogP contribution >= 0.6 is 75.6 Å². The zero-order valence-corrected chi connectivity index (χ0v) is 20.5. The number of hydrogen-bond donors (Lipinski definition) is 0. The second-order valence-corrected chi connectivity index (χ2v) is 10.3. The molecule has 4 nitrogen and oxygen atoms in total. The van der Waals surface area contributed by atoms with E-state index in [9.17, 15) is 4.57 Å². The predicted octanol–water partition coefficient (Wildman–Crippen LogP) is 7.15. The largest absolute Gasteiger partial charge is 0.647 e. The third-order valence-corrected chi connectivity index (χ3v) is 6.55. The summed E-state index contributed by atoms with van der Waals surface area (Å²) < 4.78 is 33.3. The number of phosphoric ester groups is 1. The zero-order chi connectivity index (χ0) is 18.6. The third kappa shape index (κ3) is 6.00. The number of hydrogen-bond acceptors (Lipinski definition) is 4. The lowest BCUT2D eigenvalue weighted by Crippen LogP contribution is -2.07. The standard InChI is InChI=1S/C18H12I3O4P/c19-13-1-7-16(8-2-13)23-26(22,24-17-9-3-14(20)4-10-17)25-18-11-5-15(21)6-12-18/h1-12H. The van der Waals surface area contributed by atoms with Gasteiger partial charge in [0, 0.05) is 10.7 Å². The van der Waals surface area contributed by atoms with Crippen molar-refractivity contribution in [3.8, 4) is 17.2 Å². The number of halogens is 3. The highest BCUT2D eigenvalue weighted by molar-refractivity contribution is 14.1. The molecule has 0 amide bonds. The molecular weight excluding hydrogens is 692 g/mol. The van der Waals surface area contributed by atoms with Crippen LogP contribution in [-0.4, -0.2) is 0 Å². The highest BCUT2D eigenvalue weighted by Gasteiger charge is 2.33. The zero-order valence-electron chi connectivity index (χ0n) is 13.1. The van der Waals surface area contributed by atoms with Crippen LogP contribution in [0.5, 0.6) is 17.2 Å². The lowest BCUT2D eigenvalue weighted by molar-refractivity contribution is 0.298. The fraction of sp³-hybridized carbons (Fsp3) is 0. The summed E-state index contributed by atoms with van der Waals surface area (Å²) in [6.45, 7) is 0. The van der Waals surface area contributed by atoms with Crippen molar-refractivity contribution in [2.24, 2.45) is 0 Å². The average molecular weight is 704 g/mol. The first-order valence-corrected chi connectivity index (χ1v) is 12.1. The molecule has 3 rings (SSSR count). The van der Waals surface area contributed by atoms with Crippen molar-refractivity contribution >= 4 is 75.6 Å². The van der Waals surface area contributed by atoms with Crippen LogP contribution in [-0.2, 0) is 4.57 Å². The predicted molar refractivity (Wildman–Crippen MR) is 127 cm³/mol. The molecule has 0 spiro atoms. The van der Waals surface area contributed by atoms with E-state index in [0.29, 0.717) is 17.2 Å². The summed E-state index contributed by atoms with van der Waals surface area (Å²) in [4.78, 5) is 0. The minimum atomic E-state index is -3.94. The molecule has 0 atom stereocenters. The van der Waals surface area contributed by atoms with Crippen LogP contribution in [0.4, 0.5) is 0 Å². The van der Waals surface area contributed by atoms with E-state index in [1.807, 2.05) is 36.4 Å². The van der Waals surface area contributed by atoms with E-state index in [-0.39, 0.29) is 0 Å². The minimum Gasteiger partial charge on any atom is -0.386 e. The van der Waals surface area contributed by atoms with Gasteiger partial charge < -0.3 is 13.6 Å². The maximum atomic E-state index is 13.3. The summed E-state index contributed by atoms with van der Waals surface area (Å²) in [7, 11) is -3.94. The van der Waals surface area contributed by atoms with Gasteiger partial charge in [-0.1, -0.05) is 0 Å². The molecule has 3 aromatic carbocycles. The van der Waals surface area contributed by atoms with Gasteiger partial charge in [-0.05, 0) is 141 Å². The van der Waals surface area contributed by atoms with Gasteiger partial charge in [0.2, 0.25) is 0 Å². The average Bonchev–Trinajstić information content (AvgIpc) is 2.61. The number of rotatable bonds is 6. The van der Waals surface area contributed by atoms with Crippen molar-refractivity contribution in [3.05, 3.63) is 83.5 Å². The molecular formula is C18H12I3O4P. The molecule has 0 bridgehead atoms. The van der Waals surface area contributed by atoms with Gasteiger partial charge in [0.15, 0.2) is 0 Å². The second kappa shape index (κ2) is 9.11. The number of phosphoric acid groups is 1. The Kier molecular flexibility index (Phi) is 7.09. The van der Waals surface area contributed by atoms with Gasteiger partial charge in [-0.25, -0.2) is 0 Å². The van der Waals surface area contributed by atoms with Crippen molar-refractivity contribution in [2.45, 2.75) is 0 Å². The van der Waals surface area contributed by atoms with Crippen molar-refractivity contribution in [1.29, 1.82) is 0 Å². The fourth-order valence-electron chi connectivity index (χ4n) is 1.93. The van der Waals surface area contributed by atoms with E-state index in [4.69, 9.17) is 13.6 Å². The van der Waals surface area contributed by atoms with Crippen LogP contribution in [0.2, 0.25) is 0 Å². The maximum absolute atomic E-state index is 13.3. The summed E-state index contributed by atoms with van der Waals surface area (Å²) in [5, 5.41) is 0. The normalized spacial score (nSPS) is 11.0. The van der Waals surface area contributed by atoms with Gasteiger partial charge in [0.25, 0.3) is 0 Å². The molecule has 0 radical (unpaired) electrons. The van der Waals surface area contributed by atoms with Crippen LogP contribution in [0.3, 0.4) is 0 Å². The topological polar surface area (TPSA) is 44.8 Å². The van der Waals surface area contributed by atoms with E-state index < -0.39 is 7.82 Å². The van der Waals surface area contributed by atoms with Gasteiger partial charge in [-0.15, -0.1) is 0 Å². The van der Waals surface area contributed by atoms with Gasteiger partial charge in [-0.3, -0.25) is 0 Å². The Balaban J connectivity index is 1.88. The SMILES string of the molecule is O=P(Oc1ccc(I)cc1)(Oc1ccc(I)cc1)Oc1ccc(I)cc1. The van der Waals surface area contributed by atoms with Crippen molar-refractivity contribution < 1.29 is 18.1 Å². The van der Waals surface area contributed by atoms with Gasteiger partial charge in [0.05, 0.1) is 0 Å². The molecule has 8 heteroatoms. The Morgan fingerprint density at radius 3 is 0.962 bits per heavy atom. The van der Waals surface area contributed by atoms with Crippen LogP contribution in [0.25, 0.3) is 0 Å². The monoisotopic (exact) mass is 704 g/mol. The Hall–Kier alpha value is -0.520. The third-order valence-electron chi connectivity index (χ3n) is 3.09. The first-order chi connectivity index (χ1) is 12.4. The van der Waals surface area contributed by atoms with Crippen LogP contribution in [0, 0.1) is 10.7 Å². The summed E-state index contributed by atoms with van der Waals surface area (Å²) in [5.74, 6) is 1.22. The molecule has 0 fully saturated rings. The Morgan fingerprint density at radius 1 is 0.500 bits per heavy atom. The van der Waals surface area contributed by atoms with E-state index in [0.717, 1.165) is 10.7 Å². The molecule has 26 heavy (non-hydrogen) atoms. The quantitative estimate of drug-likeness (QED) is 0.202. The maximum Gasteiger partial charge on any atom is 0.647 e. The van der Waals surface area contributed by atoms with E-state index >= 15 is 0 Å². The molecule has 0 unspecified atom stereocenters. The van der Waals surface area contributed by atoms with Crippen LogP contribution < -0.4 is 13.6 Å². The lowest BCUT2D eigenvalue weighted by Gasteiger charge is -2.19. The summed E-state index contributed by atoms with van der Waals surface area (Å²) in [6.07, 6.45) is 0. The Labute approximate surface area is 192 Å². The first kappa shape index (κ1) is 20.2. The molecule has 0 aliphatic rings. The highest BCUT2D eigenvalue weighted by atomic mass is 127. The van der Waals surface area contributed by atoms with Gasteiger partial charge >= 0.3 is 7.82 Å². The smallest absolute Gasteiger partial charge is 0.386 e. The Bertz CT molecular complexity index is 790. The molecule has 0 aliphatic carbocycles. The van der Waals surface area contributed by atoms with Crippen molar-refractivity contribution in [3.63, 3.8) is 0 Å². The first-order valence-electron chi connectivity index (χ1n) is 7.37. The summed E-state index contributed by atoms with van der Waals surface area (Å²) in [6, 6.07) is 21.5. The minimum absolute atomic E-state index is 0.407. The molecule has 0 aliphatic heterocycles. The highest BCUT2D eigenvalue weighted by Crippen LogP contribution is 2.49. The van der Waals surface area contributed by atoms with Crippen molar-refractivity contribution in [2.75, 3.05) is 0 Å². The van der Waals surface area contributed by atoms with E-state index in [1.165, 1.54) is 0 Å². The number of benzene rings is 3. The van der Waals surface area contributed by atoms with Crippen LogP contribution in [0.15, 0.2) is 72.8 Å². The Morgan fingerprint density at radius 2 is 0.731 bits per heavy atom. The molecule has 0 N–H and O–H groups in total. The molecule has 0 saturated carbocycles. The fourth-order valence-corrected chi connectivity index (χ4v) is 4.26. The second-order valence-electron chi connectivity index (χ2n) is 5.08. The summed E-state index contributed by atoms with van der Waals surface area (Å²) in [5.41, 5.74) is 0. The molecule has 0 heterocycles. The summed E-state index contributed by atoms with van der Waals surface area (Å²) >= 11 is 6.57. The van der Waals surface area contributed by atoms with E-state index in [2.05, 4.69) is 67.8 Å². The molecule has 0 aromatic heterocycles. The van der Waals surface area contributed by atoms with Gasteiger partial charge in [0.1, 0.15) is 17.2 Å². The van der Waals surface area contributed by atoms with Crippen molar-refractivity contribution in [1.82, 2.24) is 0 Å². The molecule has 3 aromatic rings. The molecule has 134 valence electrons.